The lowest BCUT2D eigenvalue weighted by Gasteiger charge is -2.07. The van der Waals surface area contributed by atoms with E-state index in [0.717, 1.165) is 5.56 Å². The summed E-state index contributed by atoms with van der Waals surface area (Å²) in [4.78, 5) is 33.8. The first-order chi connectivity index (χ1) is 12.5. The molecule has 2 aromatic rings. The second kappa shape index (κ2) is 9.53. The molecule has 0 spiro atoms. The van der Waals surface area contributed by atoms with Gasteiger partial charge in [-0.15, -0.1) is 0 Å². The smallest absolute Gasteiger partial charge is 0.311 e. The summed E-state index contributed by atoms with van der Waals surface area (Å²) in [6.07, 6.45) is 0.323. The number of carbonyl (C=O) groups is 2. The van der Waals surface area contributed by atoms with Gasteiger partial charge in [0, 0.05) is 23.2 Å². The van der Waals surface area contributed by atoms with Crippen molar-refractivity contribution in [3.05, 3.63) is 74.8 Å². The molecule has 0 atom stereocenters. The number of nitro groups is 1. The van der Waals surface area contributed by atoms with Gasteiger partial charge in [0.25, 0.3) is 11.6 Å². The van der Waals surface area contributed by atoms with E-state index in [9.17, 15) is 19.7 Å². The second-order valence-corrected chi connectivity index (χ2v) is 5.89. The molecule has 0 bridgehead atoms. The highest BCUT2D eigenvalue weighted by atomic mass is 35.5. The number of hydrogen-bond donors (Lipinski definition) is 1. The first kappa shape index (κ1) is 19.4. The van der Waals surface area contributed by atoms with Crippen LogP contribution in [0.15, 0.2) is 48.5 Å². The third-order valence-electron chi connectivity index (χ3n) is 3.51. The molecule has 0 fully saturated rings. The molecule has 0 unspecified atom stereocenters. The van der Waals surface area contributed by atoms with Gasteiger partial charge in [-0.05, 0) is 24.1 Å². The van der Waals surface area contributed by atoms with E-state index in [4.69, 9.17) is 16.3 Å². The van der Waals surface area contributed by atoms with Crippen LogP contribution in [0.2, 0.25) is 5.02 Å². The van der Waals surface area contributed by atoms with Gasteiger partial charge in [0.15, 0.2) is 6.61 Å². The van der Waals surface area contributed by atoms with E-state index in [1.54, 1.807) is 18.2 Å². The zero-order valence-electron chi connectivity index (χ0n) is 13.8. The molecule has 8 heteroatoms. The standard InChI is InChI=1S/C18H17ClN2O5/c19-15-6-3-4-13(10-15)8-9-20-17(22)12-26-18(23)11-14-5-1-2-7-16(14)21(24)25/h1-7,10H,8-9,11-12H2,(H,20,22). The summed E-state index contributed by atoms with van der Waals surface area (Å²) < 4.78 is 4.87. The largest absolute Gasteiger partial charge is 0.455 e. The molecule has 0 aliphatic heterocycles. The molecule has 0 heterocycles. The zero-order valence-corrected chi connectivity index (χ0v) is 14.6. The number of rotatable bonds is 8. The molecule has 2 rings (SSSR count). The quantitative estimate of drug-likeness (QED) is 0.434. The number of benzene rings is 2. The van der Waals surface area contributed by atoms with Gasteiger partial charge in [-0.2, -0.15) is 0 Å². The molecule has 0 aliphatic rings. The minimum absolute atomic E-state index is 0.157. The fourth-order valence-corrected chi connectivity index (χ4v) is 2.49. The van der Waals surface area contributed by atoms with Crippen LogP contribution in [-0.2, 0) is 27.2 Å². The number of hydrogen-bond acceptors (Lipinski definition) is 5. The first-order valence-electron chi connectivity index (χ1n) is 7.85. The van der Waals surface area contributed by atoms with E-state index >= 15 is 0 Å². The summed E-state index contributed by atoms with van der Waals surface area (Å²) in [6, 6.07) is 13.2. The molecule has 0 aliphatic carbocycles. The number of halogens is 1. The van der Waals surface area contributed by atoms with Crippen molar-refractivity contribution >= 4 is 29.2 Å². The number of esters is 1. The van der Waals surface area contributed by atoms with Crippen molar-refractivity contribution < 1.29 is 19.2 Å². The molecular weight excluding hydrogens is 360 g/mol. The fraction of sp³-hybridized carbons (Fsp3) is 0.222. The Bertz CT molecular complexity index is 810. The van der Waals surface area contributed by atoms with E-state index in [-0.39, 0.29) is 17.7 Å². The Labute approximate surface area is 155 Å². The van der Waals surface area contributed by atoms with E-state index in [1.165, 1.54) is 18.2 Å². The van der Waals surface area contributed by atoms with E-state index in [0.29, 0.717) is 18.0 Å². The minimum Gasteiger partial charge on any atom is -0.455 e. The highest BCUT2D eigenvalue weighted by Crippen LogP contribution is 2.18. The van der Waals surface area contributed by atoms with Crippen molar-refractivity contribution in [1.29, 1.82) is 0 Å². The maximum atomic E-state index is 11.8. The Morgan fingerprint density at radius 2 is 1.92 bits per heavy atom. The summed E-state index contributed by atoms with van der Waals surface area (Å²) >= 11 is 5.88. The first-order valence-corrected chi connectivity index (χ1v) is 8.22. The van der Waals surface area contributed by atoms with Crippen LogP contribution in [-0.4, -0.2) is 30.0 Å². The number of ether oxygens (including phenoxy) is 1. The fourth-order valence-electron chi connectivity index (χ4n) is 2.28. The molecule has 1 N–H and O–H groups in total. The van der Waals surface area contributed by atoms with Gasteiger partial charge in [-0.25, -0.2) is 0 Å². The molecule has 136 valence electrons. The van der Waals surface area contributed by atoms with Crippen molar-refractivity contribution in [2.75, 3.05) is 13.2 Å². The minimum atomic E-state index is -0.704. The summed E-state index contributed by atoms with van der Waals surface area (Å²) in [5.41, 5.74) is 1.06. The lowest BCUT2D eigenvalue weighted by molar-refractivity contribution is -0.385. The average molecular weight is 377 g/mol. The Balaban J connectivity index is 1.73. The van der Waals surface area contributed by atoms with Crippen LogP contribution < -0.4 is 5.32 Å². The van der Waals surface area contributed by atoms with Crippen molar-refractivity contribution in [2.24, 2.45) is 0 Å². The van der Waals surface area contributed by atoms with E-state index in [2.05, 4.69) is 5.32 Å². The average Bonchev–Trinajstić information content (AvgIpc) is 2.60. The maximum Gasteiger partial charge on any atom is 0.311 e. The van der Waals surface area contributed by atoms with Gasteiger partial charge in [-0.1, -0.05) is 41.9 Å². The van der Waals surface area contributed by atoms with Crippen molar-refractivity contribution in [2.45, 2.75) is 12.8 Å². The molecule has 0 radical (unpaired) electrons. The third-order valence-corrected chi connectivity index (χ3v) is 3.75. The molecule has 26 heavy (non-hydrogen) atoms. The van der Waals surface area contributed by atoms with E-state index in [1.807, 2.05) is 12.1 Å². The SMILES string of the molecule is O=C(COC(=O)Cc1ccccc1[N+](=O)[O-])NCCc1cccc(Cl)c1. The predicted molar refractivity (Wildman–Crippen MR) is 95.9 cm³/mol. The lowest BCUT2D eigenvalue weighted by Crippen LogP contribution is -2.30. The van der Waals surface area contributed by atoms with Crippen LogP contribution in [0.3, 0.4) is 0 Å². The second-order valence-electron chi connectivity index (χ2n) is 5.45. The zero-order chi connectivity index (χ0) is 18.9. The van der Waals surface area contributed by atoms with Crippen LogP contribution in [0.5, 0.6) is 0 Å². The number of amides is 1. The Kier molecular flexibility index (Phi) is 7.11. The van der Waals surface area contributed by atoms with Gasteiger partial charge in [0.2, 0.25) is 0 Å². The van der Waals surface area contributed by atoms with E-state index < -0.39 is 23.4 Å². The van der Waals surface area contributed by atoms with Gasteiger partial charge in [0.1, 0.15) is 0 Å². The topological polar surface area (TPSA) is 98.5 Å². The highest BCUT2D eigenvalue weighted by Gasteiger charge is 2.16. The van der Waals surface area contributed by atoms with Crippen molar-refractivity contribution in [1.82, 2.24) is 5.32 Å². The lowest BCUT2D eigenvalue weighted by atomic mass is 10.1. The normalized spacial score (nSPS) is 10.2. The summed E-state index contributed by atoms with van der Waals surface area (Å²) in [5, 5.41) is 14.2. The predicted octanol–water partition coefficient (Wildman–Crippen LogP) is 2.69. The Morgan fingerprint density at radius 3 is 2.65 bits per heavy atom. The van der Waals surface area contributed by atoms with Crippen LogP contribution in [0.25, 0.3) is 0 Å². The van der Waals surface area contributed by atoms with Crippen LogP contribution in [0.4, 0.5) is 5.69 Å². The molecule has 0 saturated carbocycles. The van der Waals surface area contributed by atoms with Crippen molar-refractivity contribution in [3.63, 3.8) is 0 Å². The van der Waals surface area contributed by atoms with Gasteiger partial charge in [0.05, 0.1) is 11.3 Å². The van der Waals surface area contributed by atoms with Gasteiger partial charge in [-0.3, -0.25) is 19.7 Å². The monoisotopic (exact) mass is 376 g/mol. The van der Waals surface area contributed by atoms with Crippen LogP contribution in [0.1, 0.15) is 11.1 Å². The van der Waals surface area contributed by atoms with Crippen LogP contribution in [0, 0.1) is 10.1 Å². The van der Waals surface area contributed by atoms with Gasteiger partial charge < -0.3 is 10.1 Å². The summed E-state index contributed by atoms with van der Waals surface area (Å²) in [5.74, 6) is -1.15. The van der Waals surface area contributed by atoms with Gasteiger partial charge >= 0.3 is 5.97 Å². The molecule has 7 nitrogen and oxygen atoms in total. The number of nitrogens with one attached hydrogen (secondary N) is 1. The molecule has 1 amide bonds. The summed E-state index contributed by atoms with van der Waals surface area (Å²) in [7, 11) is 0. The number of nitro benzene ring substituents is 1. The third kappa shape index (κ3) is 6.18. The Hall–Kier alpha value is -2.93. The number of para-hydroxylation sites is 1. The molecule has 2 aromatic carbocycles. The van der Waals surface area contributed by atoms with Crippen LogP contribution >= 0.6 is 11.6 Å². The molecular formula is C18H17ClN2O5. The molecule has 0 saturated heterocycles. The van der Waals surface area contributed by atoms with Crippen molar-refractivity contribution in [3.8, 4) is 0 Å². The number of nitrogens with zero attached hydrogens (tertiary/aromatic N) is 1. The maximum absolute atomic E-state index is 11.8. The number of carbonyl (C=O) groups excluding carboxylic acids is 2. The molecule has 0 aromatic heterocycles. The highest BCUT2D eigenvalue weighted by molar-refractivity contribution is 6.30. The Morgan fingerprint density at radius 1 is 1.15 bits per heavy atom. The summed E-state index contributed by atoms with van der Waals surface area (Å²) in [6.45, 7) is -0.0596.